The largest absolute Gasteiger partial charge is 0.335 e. The minimum atomic E-state index is -0.423. The summed E-state index contributed by atoms with van der Waals surface area (Å²) in [4.78, 5) is 4.50. The van der Waals surface area contributed by atoms with E-state index in [0.717, 1.165) is 29.2 Å². The highest BCUT2D eigenvalue weighted by Gasteiger charge is 2.14. The van der Waals surface area contributed by atoms with E-state index in [-0.39, 0.29) is 5.02 Å². The van der Waals surface area contributed by atoms with E-state index in [2.05, 4.69) is 4.98 Å². The Kier molecular flexibility index (Phi) is 3.68. The van der Waals surface area contributed by atoms with Crippen molar-refractivity contribution in [3.8, 4) is 11.3 Å². The van der Waals surface area contributed by atoms with Crippen molar-refractivity contribution < 1.29 is 4.39 Å². The normalized spacial score (nSPS) is 10.9. The third-order valence-electron chi connectivity index (χ3n) is 3.01. The Morgan fingerprint density at radius 3 is 2.78 bits per heavy atom. The molecule has 0 unspecified atom stereocenters. The fourth-order valence-electron chi connectivity index (χ4n) is 1.95. The highest BCUT2D eigenvalue weighted by atomic mass is 35.5. The molecule has 2 N–H and O–H groups in total. The molecule has 0 aliphatic rings. The maximum atomic E-state index is 13.2. The number of hydrogen-bond donors (Lipinski definition) is 1. The average Bonchev–Trinajstić information content (AvgIpc) is 2.61. The van der Waals surface area contributed by atoms with Crippen LogP contribution < -0.4 is 5.73 Å². The molecule has 0 atom stereocenters. The number of aryl methyl sites for hydroxylation is 1. The Morgan fingerprint density at radius 1 is 1.44 bits per heavy atom. The molecule has 3 nitrogen and oxygen atoms in total. The molecule has 0 amide bonds. The molecule has 0 fully saturated rings. The molecule has 0 spiro atoms. The maximum Gasteiger partial charge on any atom is 0.141 e. The van der Waals surface area contributed by atoms with Gasteiger partial charge in [-0.05, 0) is 31.7 Å². The first-order valence-electron chi connectivity index (χ1n) is 5.72. The number of nitrogens with zero attached hydrogens (tertiary/aromatic N) is 2. The third kappa shape index (κ3) is 2.26. The first-order chi connectivity index (χ1) is 8.54. The molecule has 0 radical (unpaired) electrons. The lowest BCUT2D eigenvalue weighted by Crippen LogP contribution is -2.08. The van der Waals surface area contributed by atoms with Gasteiger partial charge in [-0.25, -0.2) is 9.37 Å². The average molecular weight is 268 g/mol. The summed E-state index contributed by atoms with van der Waals surface area (Å²) in [5.74, 6) is 0.474. The molecule has 0 aliphatic carbocycles. The zero-order valence-electron chi connectivity index (χ0n) is 10.4. The Balaban J connectivity index is 2.55. The number of imidazole rings is 1. The minimum absolute atomic E-state index is 0.106. The smallest absolute Gasteiger partial charge is 0.141 e. The number of hydrogen-bond acceptors (Lipinski definition) is 2. The molecular weight excluding hydrogens is 253 g/mol. The van der Waals surface area contributed by atoms with Crippen LogP contribution in [-0.2, 0) is 13.5 Å². The Bertz CT molecular complexity index is 578. The fourth-order valence-corrected chi connectivity index (χ4v) is 2.13. The van der Waals surface area contributed by atoms with Crippen molar-refractivity contribution in [1.29, 1.82) is 0 Å². The zero-order valence-corrected chi connectivity index (χ0v) is 11.1. The van der Waals surface area contributed by atoms with Crippen LogP contribution in [-0.4, -0.2) is 16.1 Å². The van der Waals surface area contributed by atoms with Gasteiger partial charge in [0.25, 0.3) is 0 Å². The highest BCUT2D eigenvalue weighted by molar-refractivity contribution is 6.31. The first kappa shape index (κ1) is 13.1. The van der Waals surface area contributed by atoms with Gasteiger partial charge in [0.15, 0.2) is 0 Å². The molecule has 1 heterocycles. The van der Waals surface area contributed by atoms with Gasteiger partial charge >= 0.3 is 0 Å². The number of aromatic nitrogens is 2. The molecular formula is C13H15ClFN3. The number of halogens is 2. The monoisotopic (exact) mass is 267 g/mol. The van der Waals surface area contributed by atoms with Crippen LogP contribution in [0.5, 0.6) is 0 Å². The van der Waals surface area contributed by atoms with Crippen LogP contribution >= 0.6 is 11.6 Å². The Labute approximate surface area is 110 Å². The van der Waals surface area contributed by atoms with E-state index in [1.54, 1.807) is 12.1 Å². The van der Waals surface area contributed by atoms with Crippen molar-refractivity contribution in [3.63, 3.8) is 0 Å². The molecule has 2 aromatic rings. The Morgan fingerprint density at radius 2 is 2.17 bits per heavy atom. The van der Waals surface area contributed by atoms with Crippen molar-refractivity contribution in [2.75, 3.05) is 6.54 Å². The summed E-state index contributed by atoms with van der Waals surface area (Å²) >= 11 is 5.81. The van der Waals surface area contributed by atoms with Crippen LogP contribution in [0.4, 0.5) is 4.39 Å². The van der Waals surface area contributed by atoms with Crippen LogP contribution in [0.3, 0.4) is 0 Å². The van der Waals surface area contributed by atoms with Gasteiger partial charge in [0.2, 0.25) is 0 Å². The third-order valence-corrected chi connectivity index (χ3v) is 3.30. The number of benzene rings is 1. The summed E-state index contributed by atoms with van der Waals surface area (Å²) in [5.41, 5.74) is 8.29. The summed E-state index contributed by atoms with van der Waals surface area (Å²) in [6.07, 6.45) is 0.724. The molecule has 0 bridgehead atoms. The van der Waals surface area contributed by atoms with Gasteiger partial charge in [-0.15, -0.1) is 0 Å². The fraction of sp³-hybridized carbons (Fsp3) is 0.308. The summed E-state index contributed by atoms with van der Waals surface area (Å²) in [6, 6.07) is 4.63. The van der Waals surface area contributed by atoms with Gasteiger partial charge in [-0.3, -0.25) is 0 Å². The van der Waals surface area contributed by atoms with Gasteiger partial charge in [0.1, 0.15) is 11.6 Å². The molecule has 5 heteroatoms. The zero-order chi connectivity index (χ0) is 13.3. The van der Waals surface area contributed by atoms with E-state index in [9.17, 15) is 4.39 Å². The van der Waals surface area contributed by atoms with Crippen LogP contribution in [0.25, 0.3) is 11.3 Å². The van der Waals surface area contributed by atoms with Gasteiger partial charge in [-0.1, -0.05) is 11.6 Å². The first-order valence-corrected chi connectivity index (χ1v) is 6.10. The Hall–Kier alpha value is -1.39. The summed E-state index contributed by atoms with van der Waals surface area (Å²) < 4.78 is 15.2. The molecule has 2 rings (SSSR count). The van der Waals surface area contributed by atoms with Gasteiger partial charge < -0.3 is 10.3 Å². The number of rotatable bonds is 3. The van der Waals surface area contributed by atoms with E-state index in [1.165, 1.54) is 6.07 Å². The number of nitrogens with two attached hydrogens (primary N) is 1. The molecule has 0 saturated carbocycles. The molecule has 1 aromatic carbocycles. The second-order valence-corrected chi connectivity index (χ2v) is 4.59. The van der Waals surface area contributed by atoms with E-state index < -0.39 is 5.82 Å². The van der Waals surface area contributed by atoms with E-state index in [0.29, 0.717) is 6.54 Å². The summed E-state index contributed by atoms with van der Waals surface area (Å²) in [7, 11) is 1.95. The van der Waals surface area contributed by atoms with Crippen molar-refractivity contribution in [3.05, 3.63) is 40.6 Å². The summed E-state index contributed by atoms with van der Waals surface area (Å²) in [6.45, 7) is 2.47. The van der Waals surface area contributed by atoms with E-state index in [4.69, 9.17) is 17.3 Å². The molecule has 0 aliphatic heterocycles. The molecule has 18 heavy (non-hydrogen) atoms. The minimum Gasteiger partial charge on any atom is -0.335 e. The second kappa shape index (κ2) is 5.08. The van der Waals surface area contributed by atoms with Gasteiger partial charge in [0, 0.05) is 24.7 Å². The molecule has 1 aromatic heterocycles. The van der Waals surface area contributed by atoms with Crippen molar-refractivity contribution in [1.82, 2.24) is 9.55 Å². The predicted molar refractivity (Wildman–Crippen MR) is 71.1 cm³/mol. The predicted octanol–water partition coefficient (Wildman–Crippen LogP) is 2.69. The lowest BCUT2D eigenvalue weighted by molar-refractivity contribution is 0.628. The highest BCUT2D eigenvalue weighted by Crippen LogP contribution is 2.27. The maximum absolute atomic E-state index is 13.2. The lowest BCUT2D eigenvalue weighted by atomic mass is 10.1. The van der Waals surface area contributed by atoms with Crippen LogP contribution in [0.2, 0.25) is 5.02 Å². The van der Waals surface area contributed by atoms with Gasteiger partial charge in [-0.2, -0.15) is 0 Å². The summed E-state index contributed by atoms with van der Waals surface area (Å²) in [5, 5.41) is 0.106. The van der Waals surface area contributed by atoms with Crippen LogP contribution in [0, 0.1) is 12.7 Å². The van der Waals surface area contributed by atoms with Crippen molar-refractivity contribution >= 4 is 11.6 Å². The van der Waals surface area contributed by atoms with Crippen molar-refractivity contribution in [2.45, 2.75) is 13.3 Å². The second-order valence-electron chi connectivity index (χ2n) is 4.18. The van der Waals surface area contributed by atoms with Crippen LogP contribution in [0.15, 0.2) is 18.2 Å². The topological polar surface area (TPSA) is 43.8 Å². The van der Waals surface area contributed by atoms with E-state index >= 15 is 0 Å². The lowest BCUT2D eigenvalue weighted by Gasteiger charge is -2.06. The standard InChI is InChI=1S/C13H15ClFN3/c1-8-17-13(12(5-6-16)18(8)2)9-3-4-11(15)10(14)7-9/h3-4,7H,5-6,16H2,1-2H3. The van der Waals surface area contributed by atoms with Crippen molar-refractivity contribution in [2.24, 2.45) is 12.8 Å². The SMILES string of the molecule is Cc1nc(-c2ccc(F)c(Cl)c2)c(CCN)n1C. The van der Waals surface area contributed by atoms with Crippen LogP contribution in [0.1, 0.15) is 11.5 Å². The van der Waals surface area contributed by atoms with Gasteiger partial charge in [0.05, 0.1) is 10.7 Å². The van der Waals surface area contributed by atoms with E-state index in [1.807, 2.05) is 18.5 Å². The quantitative estimate of drug-likeness (QED) is 0.929. The molecule has 96 valence electrons. The molecule has 0 saturated heterocycles.